The highest BCUT2D eigenvalue weighted by molar-refractivity contribution is 7.17. The summed E-state index contributed by atoms with van der Waals surface area (Å²) in [5, 5.41) is 18.2. The highest BCUT2D eigenvalue weighted by atomic mass is 32.1. The number of hydrogen-bond donors (Lipinski definition) is 2. The molecule has 0 aromatic carbocycles. The SMILES string of the molecule is Cn1cc(C(Nc2ncnc3ccsc23)C(=O)O)cn1. The molecule has 3 aromatic rings. The number of hydrogen-bond acceptors (Lipinski definition) is 6. The number of aromatic nitrogens is 4. The summed E-state index contributed by atoms with van der Waals surface area (Å²) in [4.78, 5) is 19.7. The van der Waals surface area contributed by atoms with Gasteiger partial charge in [0.2, 0.25) is 0 Å². The molecule has 2 N–H and O–H groups in total. The van der Waals surface area contributed by atoms with E-state index in [9.17, 15) is 9.90 Å². The zero-order valence-electron chi connectivity index (χ0n) is 10.5. The largest absolute Gasteiger partial charge is 0.479 e. The van der Waals surface area contributed by atoms with Crippen LogP contribution in [0.25, 0.3) is 10.2 Å². The minimum Gasteiger partial charge on any atom is -0.479 e. The molecule has 102 valence electrons. The Morgan fingerprint density at radius 3 is 3.05 bits per heavy atom. The first-order valence-electron chi connectivity index (χ1n) is 5.81. The summed E-state index contributed by atoms with van der Waals surface area (Å²) in [5.74, 6) is -0.470. The van der Waals surface area contributed by atoms with Gasteiger partial charge in [0.1, 0.15) is 12.1 Å². The Morgan fingerprint density at radius 2 is 2.35 bits per heavy atom. The third-order valence-electron chi connectivity index (χ3n) is 2.83. The first-order valence-corrected chi connectivity index (χ1v) is 6.69. The number of anilines is 1. The quantitative estimate of drug-likeness (QED) is 0.759. The third-order valence-corrected chi connectivity index (χ3v) is 3.74. The molecule has 1 unspecified atom stereocenters. The van der Waals surface area contributed by atoms with Crippen molar-refractivity contribution < 1.29 is 9.90 Å². The Morgan fingerprint density at radius 1 is 1.50 bits per heavy atom. The topological polar surface area (TPSA) is 92.9 Å². The molecule has 20 heavy (non-hydrogen) atoms. The number of carboxylic acid groups (broad SMARTS) is 1. The van der Waals surface area contributed by atoms with Gasteiger partial charge in [0.15, 0.2) is 6.04 Å². The van der Waals surface area contributed by atoms with Gasteiger partial charge in [-0.15, -0.1) is 11.3 Å². The molecular weight excluding hydrogens is 278 g/mol. The van der Waals surface area contributed by atoms with Crippen molar-refractivity contribution >= 4 is 33.3 Å². The van der Waals surface area contributed by atoms with Crippen molar-refractivity contribution in [1.82, 2.24) is 19.7 Å². The number of aliphatic carboxylic acids is 1. The lowest BCUT2D eigenvalue weighted by atomic mass is 10.1. The Kier molecular flexibility index (Phi) is 3.07. The number of rotatable bonds is 4. The lowest BCUT2D eigenvalue weighted by Gasteiger charge is -2.13. The van der Waals surface area contributed by atoms with E-state index in [-0.39, 0.29) is 0 Å². The predicted octanol–water partition coefficient (Wildman–Crippen LogP) is 1.66. The maximum atomic E-state index is 11.4. The second-order valence-electron chi connectivity index (χ2n) is 4.22. The molecule has 0 spiro atoms. The Hall–Kier alpha value is -2.48. The standard InChI is InChI=1S/C12H11N5O2S/c1-17-5-7(4-15-17)9(12(18)19)16-11-10-8(2-3-20-10)13-6-14-11/h2-6,9H,1H3,(H,18,19)(H,13,14,16). The molecule has 0 saturated heterocycles. The molecular formula is C12H11N5O2S. The minimum absolute atomic E-state index is 0.515. The average Bonchev–Trinajstić information content (AvgIpc) is 3.04. The minimum atomic E-state index is -0.985. The number of aryl methyl sites for hydroxylation is 1. The summed E-state index contributed by atoms with van der Waals surface area (Å²) in [7, 11) is 1.74. The van der Waals surface area contributed by atoms with E-state index in [1.807, 2.05) is 11.4 Å². The second-order valence-corrected chi connectivity index (χ2v) is 5.14. The number of thiophene rings is 1. The highest BCUT2D eigenvalue weighted by Gasteiger charge is 2.22. The highest BCUT2D eigenvalue weighted by Crippen LogP contribution is 2.28. The molecule has 0 fully saturated rings. The van der Waals surface area contributed by atoms with Gasteiger partial charge in [-0.1, -0.05) is 0 Å². The van der Waals surface area contributed by atoms with Gasteiger partial charge in [0.25, 0.3) is 0 Å². The smallest absolute Gasteiger partial charge is 0.330 e. The third kappa shape index (κ3) is 2.21. The van der Waals surface area contributed by atoms with Crippen LogP contribution in [-0.2, 0) is 11.8 Å². The molecule has 0 aliphatic carbocycles. The number of nitrogens with one attached hydrogen (secondary N) is 1. The van der Waals surface area contributed by atoms with Crippen LogP contribution in [0.3, 0.4) is 0 Å². The number of carboxylic acids is 1. The molecule has 8 heteroatoms. The van der Waals surface area contributed by atoms with Crippen molar-refractivity contribution in [2.45, 2.75) is 6.04 Å². The van der Waals surface area contributed by atoms with Gasteiger partial charge >= 0.3 is 5.97 Å². The van der Waals surface area contributed by atoms with E-state index in [1.165, 1.54) is 23.9 Å². The number of nitrogens with zero attached hydrogens (tertiary/aromatic N) is 4. The molecule has 0 radical (unpaired) electrons. The zero-order chi connectivity index (χ0) is 14.1. The Labute approximate surface area is 117 Å². The Bertz CT molecular complexity index is 766. The van der Waals surface area contributed by atoms with Gasteiger partial charge in [0.05, 0.1) is 16.4 Å². The molecule has 0 bridgehead atoms. The summed E-state index contributed by atoms with van der Waals surface area (Å²) in [6.45, 7) is 0. The van der Waals surface area contributed by atoms with Crippen LogP contribution in [0.5, 0.6) is 0 Å². The van der Waals surface area contributed by atoms with Crippen molar-refractivity contribution in [2.75, 3.05) is 5.32 Å². The van der Waals surface area contributed by atoms with E-state index in [2.05, 4.69) is 20.4 Å². The van der Waals surface area contributed by atoms with E-state index >= 15 is 0 Å². The van der Waals surface area contributed by atoms with Crippen LogP contribution < -0.4 is 5.32 Å². The number of carbonyl (C=O) groups is 1. The van der Waals surface area contributed by atoms with Crippen LogP contribution in [0, 0.1) is 0 Å². The lowest BCUT2D eigenvalue weighted by molar-refractivity contribution is -0.138. The van der Waals surface area contributed by atoms with Crippen LogP contribution in [0.1, 0.15) is 11.6 Å². The predicted molar refractivity (Wildman–Crippen MR) is 74.6 cm³/mol. The molecule has 0 saturated carbocycles. The monoisotopic (exact) mass is 289 g/mol. The zero-order valence-corrected chi connectivity index (χ0v) is 11.3. The fourth-order valence-electron chi connectivity index (χ4n) is 1.91. The van der Waals surface area contributed by atoms with Crippen molar-refractivity contribution in [3.05, 3.63) is 35.7 Å². The lowest BCUT2D eigenvalue weighted by Crippen LogP contribution is -2.20. The van der Waals surface area contributed by atoms with Crippen molar-refractivity contribution in [2.24, 2.45) is 7.05 Å². The van der Waals surface area contributed by atoms with Gasteiger partial charge < -0.3 is 10.4 Å². The molecule has 3 aromatic heterocycles. The Balaban J connectivity index is 1.98. The van der Waals surface area contributed by atoms with E-state index in [0.29, 0.717) is 11.4 Å². The summed E-state index contributed by atoms with van der Waals surface area (Å²) < 4.78 is 2.40. The summed E-state index contributed by atoms with van der Waals surface area (Å²) >= 11 is 1.47. The van der Waals surface area contributed by atoms with Crippen LogP contribution in [-0.4, -0.2) is 30.8 Å². The summed E-state index contributed by atoms with van der Waals surface area (Å²) in [6, 6.07) is 0.969. The van der Waals surface area contributed by atoms with Gasteiger partial charge in [-0.25, -0.2) is 14.8 Å². The maximum absolute atomic E-state index is 11.4. The van der Waals surface area contributed by atoms with Gasteiger partial charge in [-0.05, 0) is 11.4 Å². The average molecular weight is 289 g/mol. The van der Waals surface area contributed by atoms with E-state index in [1.54, 1.807) is 17.9 Å². The van der Waals surface area contributed by atoms with Crippen LogP contribution in [0.2, 0.25) is 0 Å². The van der Waals surface area contributed by atoms with E-state index in [4.69, 9.17) is 0 Å². The van der Waals surface area contributed by atoms with Crippen LogP contribution in [0.15, 0.2) is 30.2 Å². The molecule has 0 aliphatic heterocycles. The van der Waals surface area contributed by atoms with Crippen molar-refractivity contribution in [3.8, 4) is 0 Å². The molecule has 0 amide bonds. The fraction of sp³-hybridized carbons (Fsp3) is 0.167. The van der Waals surface area contributed by atoms with Gasteiger partial charge in [0, 0.05) is 18.8 Å². The van der Waals surface area contributed by atoms with Crippen LogP contribution in [0.4, 0.5) is 5.82 Å². The molecule has 7 nitrogen and oxygen atoms in total. The summed E-state index contributed by atoms with van der Waals surface area (Å²) in [5.41, 5.74) is 1.37. The normalized spacial score (nSPS) is 12.4. The summed E-state index contributed by atoms with van der Waals surface area (Å²) in [6.07, 6.45) is 4.61. The first kappa shape index (κ1) is 12.5. The second kappa shape index (κ2) is 4.89. The molecule has 3 heterocycles. The first-order chi connectivity index (χ1) is 9.65. The van der Waals surface area contributed by atoms with Crippen LogP contribution >= 0.6 is 11.3 Å². The van der Waals surface area contributed by atoms with Gasteiger partial charge in [-0.3, -0.25) is 4.68 Å². The van der Waals surface area contributed by atoms with E-state index in [0.717, 1.165) is 10.2 Å². The number of fused-ring (bicyclic) bond motifs is 1. The van der Waals surface area contributed by atoms with Crippen molar-refractivity contribution in [1.29, 1.82) is 0 Å². The fourth-order valence-corrected chi connectivity index (χ4v) is 2.70. The molecule has 0 aliphatic rings. The molecule has 1 atom stereocenters. The van der Waals surface area contributed by atoms with E-state index < -0.39 is 12.0 Å². The maximum Gasteiger partial charge on any atom is 0.330 e. The van der Waals surface area contributed by atoms with Crippen molar-refractivity contribution in [3.63, 3.8) is 0 Å². The van der Waals surface area contributed by atoms with Gasteiger partial charge in [-0.2, -0.15) is 5.10 Å². The molecule has 3 rings (SSSR count).